The molecule has 1 aromatic carbocycles. The van der Waals surface area contributed by atoms with Crippen LogP contribution < -0.4 is 4.72 Å². The Balaban J connectivity index is 1.71. The van der Waals surface area contributed by atoms with Crippen LogP contribution in [0.25, 0.3) is 10.6 Å². The third-order valence-corrected chi connectivity index (χ3v) is 6.29. The summed E-state index contributed by atoms with van der Waals surface area (Å²) in [5.41, 5.74) is 2.69. The summed E-state index contributed by atoms with van der Waals surface area (Å²) in [4.78, 5) is 19.0. The molecular weight excluding hydrogens is 382 g/mol. The number of nitrogens with zero attached hydrogens (tertiary/aromatic N) is 2. The molecule has 1 saturated heterocycles. The highest BCUT2D eigenvalue weighted by molar-refractivity contribution is 7.88. The number of aromatic nitrogens is 1. The molecule has 0 bridgehead atoms. The maximum absolute atomic E-state index is 12.8. The normalized spacial score (nSPS) is 18.1. The van der Waals surface area contributed by atoms with Crippen molar-refractivity contribution in [3.8, 4) is 10.6 Å². The van der Waals surface area contributed by atoms with Crippen LogP contribution in [0.3, 0.4) is 0 Å². The fourth-order valence-electron chi connectivity index (χ4n) is 3.24. The van der Waals surface area contributed by atoms with E-state index >= 15 is 0 Å². The lowest BCUT2D eigenvalue weighted by atomic mass is 10.0. The largest absolute Gasteiger partial charge is 0.336 e. The van der Waals surface area contributed by atoms with Crippen molar-refractivity contribution < 1.29 is 13.2 Å². The van der Waals surface area contributed by atoms with Gasteiger partial charge in [-0.3, -0.25) is 4.79 Å². The van der Waals surface area contributed by atoms with Gasteiger partial charge in [0.25, 0.3) is 5.91 Å². The van der Waals surface area contributed by atoms with E-state index in [-0.39, 0.29) is 11.9 Å². The van der Waals surface area contributed by atoms with E-state index in [0.717, 1.165) is 29.7 Å². The molecule has 0 aliphatic carbocycles. The molecule has 0 unspecified atom stereocenters. The summed E-state index contributed by atoms with van der Waals surface area (Å²) in [5, 5.41) is 2.60. The maximum Gasteiger partial charge on any atom is 0.273 e. The highest BCUT2D eigenvalue weighted by atomic mass is 32.2. The van der Waals surface area contributed by atoms with E-state index in [0.29, 0.717) is 24.7 Å². The molecule has 6 nitrogen and oxygen atoms in total. The molecule has 2 heterocycles. The molecule has 3 rings (SSSR count). The first-order valence-corrected chi connectivity index (χ1v) is 11.8. The van der Waals surface area contributed by atoms with Crippen LogP contribution in [-0.2, 0) is 10.0 Å². The number of sulfonamides is 1. The lowest BCUT2D eigenvalue weighted by Crippen LogP contribution is -2.49. The van der Waals surface area contributed by atoms with Crippen molar-refractivity contribution in [3.63, 3.8) is 0 Å². The van der Waals surface area contributed by atoms with Crippen molar-refractivity contribution in [2.45, 2.75) is 38.6 Å². The maximum atomic E-state index is 12.8. The Morgan fingerprint density at radius 2 is 2.00 bits per heavy atom. The predicted molar refractivity (Wildman–Crippen MR) is 109 cm³/mol. The predicted octanol–water partition coefficient (Wildman–Crippen LogP) is 3.09. The molecule has 27 heavy (non-hydrogen) atoms. The molecule has 146 valence electrons. The first-order chi connectivity index (χ1) is 12.7. The Morgan fingerprint density at radius 1 is 1.30 bits per heavy atom. The van der Waals surface area contributed by atoms with Gasteiger partial charge in [-0.2, -0.15) is 0 Å². The number of likely N-dealkylation sites (tertiary alicyclic amines) is 1. The number of nitrogens with one attached hydrogen (secondary N) is 1. The summed E-state index contributed by atoms with van der Waals surface area (Å²) in [6.07, 6.45) is 2.65. The minimum absolute atomic E-state index is 0.142. The number of carbonyl (C=O) groups excluding carboxylic acids is 1. The average molecular weight is 408 g/mol. The topological polar surface area (TPSA) is 79.4 Å². The third-order valence-electron chi connectivity index (χ3n) is 4.64. The quantitative estimate of drug-likeness (QED) is 0.826. The summed E-state index contributed by atoms with van der Waals surface area (Å²) in [5.74, 6) is 0.330. The second-order valence-corrected chi connectivity index (χ2v) is 9.93. The van der Waals surface area contributed by atoms with Crippen LogP contribution in [0.1, 0.15) is 48.7 Å². The van der Waals surface area contributed by atoms with Crippen LogP contribution in [0.4, 0.5) is 0 Å². The van der Waals surface area contributed by atoms with Gasteiger partial charge in [0, 0.05) is 30.1 Å². The van der Waals surface area contributed by atoms with E-state index in [1.54, 1.807) is 10.3 Å². The highest BCUT2D eigenvalue weighted by Gasteiger charge is 2.27. The van der Waals surface area contributed by atoms with E-state index in [9.17, 15) is 13.2 Å². The van der Waals surface area contributed by atoms with Crippen molar-refractivity contribution in [2.75, 3.05) is 19.3 Å². The van der Waals surface area contributed by atoms with Crippen molar-refractivity contribution in [1.29, 1.82) is 0 Å². The first kappa shape index (κ1) is 20.0. The molecule has 1 aliphatic rings. The van der Waals surface area contributed by atoms with Crippen LogP contribution in [0.5, 0.6) is 0 Å². The van der Waals surface area contributed by atoms with E-state index in [1.165, 1.54) is 16.9 Å². The fourth-order valence-corrected chi connectivity index (χ4v) is 4.84. The van der Waals surface area contributed by atoms with Gasteiger partial charge in [0.1, 0.15) is 10.7 Å². The molecule has 1 atom stereocenters. The van der Waals surface area contributed by atoms with Gasteiger partial charge in [-0.15, -0.1) is 11.3 Å². The van der Waals surface area contributed by atoms with E-state index < -0.39 is 10.0 Å². The summed E-state index contributed by atoms with van der Waals surface area (Å²) in [6.45, 7) is 5.30. The lowest BCUT2D eigenvalue weighted by molar-refractivity contribution is 0.0698. The molecular formula is C19H25N3O3S2. The third kappa shape index (κ3) is 5.15. The summed E-state index contributed by atoms with van der Waals surface area (Å²) >= 11 is 1.45. The van der Waals surface area contributed by atoms with Crippen molar-refractivity contribution in [1.82, 2.24) is 14.6 Å². The van der Waals surface area contributed by atoms with Crippen molar-refractivity contribution in [3.05, 3.63) is 40.9 Å². The first-order valence-electron chi connectivity index (χ1n) is 9.05. The summed E-state index contributed by atoms with van der Waals surface area (Å²) < 4.78 is 25.5. The number of benzene rings is 1. The zero-order valence-corrected chi connectivity index (χ0v) is 17.4. The van der Waals surface area contributed by atoms with Gasteiger partial charge >= 0.3 is 0 Å². The monoisotopic (exact) mass is 407 g/mol. The fraction of sp³-hybridized carbons (Fsp3) is 0.474. The molecule has 1 N–H and O–H groups in total. The average Bonchev–Trinajstić information content (AvgIpc) is 3.10. The minimum Gasteiger partial charge on any atom is -0.336 e. The van der Waals surface area contributed by atoms with Gasteiger partial charge < -0.3 is 4.90 Å². The summed E-state index contributed by atoms with van der Waals surface area (Å²) in [7, 11) is -3.28. The Kier molecular flexibility index (Phi) is 5.98. The van der Waals surface area contributed by atoms with Gasteiger partial charge in [0.15, 0.2) is 0 Å². The highest BCUT2D eigenvalue weighted by Crippen LogP contribution is 2.26. The second kappa shape index (κ2) is 8.08. The SMILES string of the molecule is CC(C)c1ccc(-c2nc(C(=O)N3CCC[C@H](NS(C)(=O)=O)C3)cs2)cc1. The molecule has 1 aromatic heterocycles. The van der Waals surface area contributed by atoms with E-state index in [2.05, 4.69) is 35.7 Å². The van der Waals surface area contributed by atoms with Crippen LogP contribution in [0.15, 0.2) is 29.6 Å². The Hall–Kier alpha value is -1.77. The number of amides is 1. The number of rotatable bonds is 5. The van der Waals surface area contributed by atoms with Gasteiger partial charge in [0.05, 0.1) is 6.26 Å². The van der Waals surface area contributed by atoms with Crippen LogP contribution >= 0.6 is 11.3 Å². The molecule has 8 heteroatoms. The Bertz CT molecular complexity index is 905. The number of hydrogen-bond donors (Lipinski definition) is 1. The minimum atomic E-state index is -3.28. The lowest BCUT2D eigenvalue weighted by Gasteiger charge is -2.32. The standard InChI is InChI=1S/C19H25N3O3S2/c1-13(2)14-6-8-15(9-7-14)18-20-17(12-26-18)19(23)22-10-4-5-16(11-22)21-27(3,24)25/h6-9,12-13,16,21H,4-5,10-11H2,1-3H3/t16-/m0/s1. The molecule has 1 fully saturated rings. The van der Waals surface area contributed by atoms with Crippen LogP contribution in [-0.4, -0.2) is 49.6 Å². The molecule has 2 aromatic rings. The number of carbonyl (C=O) groups is 1. The van der Waals surface area contributed by atoms with Crippen molar-refractivity contribution in [2.24, 2.45) is 0 Å². The van der Waals surface area contributed by atoms with Crippen LogP contribution in [0, 0.1) is 0 Å². The van der Waals surface area contributed by atoms with Gasteiger partial charge in [-0.25, -0.2) is 18.1 Å². The summed E-state index contributed by atoms with van der Waals surface area (Å²) in [6, 6.07) is 8.02. The molecule has 1 aliphatic heterocycles. The van der Waals surface area contributed by atoms with Gasteiger partial charge in [-0.05, 0) is 24.3 Å². The van der Waals surface area contributed by atoms with E-state index in [1.807, 2.05) is 12.1 Å². The number of piperidine rings is 1. The van der Waals surface area contributed by atoms with Gasteiger partial charge in [0.2, 0.25) is 10.0 Å². The smallest absolute Gasteiger partial charge is 0.273 e. The molecule has 1 amide bonds. The van der Waals surface area contributed by atoms with Gasteiger partial charge in [-0.1, -0.05) is 38.1 Å². The number of hydrogen-bond acceptors (Lipinski definition) is 5. The van der Waals surface area contributed by atoms with Crippen molar-refractivity contribution >= 4 is 27.3 Å². The number of thiazole rings is 1. The molecule has 0 spiro atoms. The molecule has 0 saturated carbocycles. The van der Waals surface area contributed by atoms with E-state index in [4.69, 9.17) is 0 Å². The Morgan fingerprint density at radius 3 is 2.63 bits per heavy atom. The second-order valence-electron chi connectivity index (χ2n) is 7.29. The van der Waals surface area contributed by atoms with Crippen LogP contribution in [0.2, 0.25) is 0 Å². The zero-order valence-electron chi connectivity index (χ0n) is 15.8. The zero-order chi connectivity index (χ0) is 19.6. The Labute approximate surface area is 164 Å². The molecule has 0 radical (unpaired) electrons.